The maximum Gasteiger partial charge on any atom is 0.155 e. The molecule has 4 rings (SSSR count). The number of pyridine rings is 1. The van der Waals surface area contributed by atoms with E-state index in [1.54, 1.807) is 0 Å². The largest absolute Gasteiger partial charge is 0.330 e. The first-order valence-electron chi connectivity index (χ1n) is 8.31. The summed E-state index contributed by atoms with van der Waals surface area (Å²) in [6, 6.07) is 8.95. The maximum atomic E-state index is 6.03. The Balaban J connectivity index is 1.93. The highest BCUT2D eigenvalue weighted by atomic mass is 15.1. The zero-order valence-electron chi connectivity index (χ0n) is 13.7. The minimum Gasteiger partial charge on any atom is -0.330 e. The van der Waals surface area contributed by atoms with Crippen molar-refractivity contribution < 1.29 is 0 Å². The Kier molecular flexibility index (Phi) is 3.23. The Bertz CT molecular complexity index is 874. The molecule has 118 valence electrons. The van der Waals surface area contributed by atoms with Gasteiger partial charge in [-0.15, -0.1) is 0 Å². The van der Waals surface area contributed by atoms with Crippen molar-refractivity contribution in [3.63, 3.8) is 0 Å². The van der Waals surface area contributed by atoms with Crippen molar-refractivity contribution in [2.75, 3.05) is 6.54 Å². The van der Waals surface area contributed by atoms with E-state index in [1.165, 1.54) is 35.1 Å². The van der Waals surface area contributed by atoms with Crippen molar-refractivity contribution in [1.29, 1.82) is 0 Å². The first-order chi connectivity index (χ1) is 11.2. The van der Waals surface area contributed by atoms with Gasteiger partial charge in [-0.2, -0.15) is 5.10 Å². The van der Waals surface area contributed by atoms with Crippen LogP contribution in [0.1, 0.15) is 36.6 Å². The standard InChI is InChI=1S/C19H22N4/c1-3-16-17-15(4-7-21-18(17)23-22-16)13-8-12(2)9-14(10-13)19(11-20)5-6-19/h4,7-10H,3,5-6,11,20H2,1-2H3,(H,21,22,23). The molecule has 1 aliphatic rings. The number of rotatable bonds is 4. The van der Waals surface area contributed by atoms with Gasteiger partial charge in [0, 0.05) is 23.5 Å². The Morgan fingerprint density at radius 3 is 2.78 bits per heavy atom. The molecule has 1 fully saturated rings. The molecule has 0 amide bonds. The topological polar surface area (TPSA) is 67.6 Å². The molecule has 4 heteroatoms. The van der Waals surface area contributed by atoms with Crippen molar-refractivity contribution in [2.45, 2.75) is 38.5 Å². The second-order valence-corrected chi connectivity index (χ2v) is 6.68. The van der Waals surface area contributed by atoms with Crippen LogP contribution in [0, 0.1) is 6.92 Å². The van der Waals surface area contributed by atoms with E-state index in [0.29, 0.717) is 0 Å². The van der Waals surface area contributed by atoms with Crippen LogP contribution in [0.4, 0.5) is 0 Å². The summed E-state index contributed by atoms with van der Waals surface area (Å²) in [7, 11) is 0. The van der Waals surface area contributed by atoms with E-state index >= 15 is 0 Å². The van der Waals surface area contributed by atoms with Crippen LogP contribution in [-0.2, 0) is 11.8 Å². The zero-order valence-corrected chi connectivity index (χ0v) is 13.7. The van der Waals surface area contributed by atoms with Crippen LogP contribution in [-0.4, -0.2) is 21.7 Å². The average molecular weight is 306 g/mol. The molecule has 0 saturated heterocycles. The van der Waals surface area contributed by atoms with Gasteiger partial charge in [0.1, 0.15) is 0 Å². The highest BCUT2D eigenvalue weighted by Gasteiger charge is 2.43. The van der Waals surface area contributed by atoms with Crippen molar-refractivity contribution in [1.82, 2.24) is 15.2 Å². The van der Waals surface area contributed by atoms with Gasteiger partial charge < -0.3 is 5.73 Å². The summed E-state index contributed by atoms with van der Waals surface area (Å²) in [5, 5.41) is 8.61. The lowest BCUT2D eigenvalue weighted by atomic mass is 9.90. The Labute approximate surface area is 136 Å². The fourth-order valence-electron chi connectivity index (χ4n) is 3.52. The third-order valence-electron chi connectivity index (χ3n) is 5.12. The highest BCUT2D eigenvalue weighted by molar-refractivity contribution is 5.94. The highest BCUT2D eigenvalue weighted by Crippen LogP contribution is 2.48. The minimum atomic E-state index is 0.205. The van der Waals surface area contributed by atoms with Gasteiger partial charge in [-0.1, -0.05) is 30.7 Å². The number of aryl methyl sites for hydroxylation is 2. The summed E-state index contributed by atoms with van der Waals surface area (Å²) in [5.74, 6) is 0. The van der Waals surface area contributed by atoms with Gasteiger partial charge >= 0.3 is 0 Å². The number of hydrogen-bond acceptors (Lipinski definition) is 3. The molecule has 23 heavy (non-hydrogen) atoms. The Hall–Kier alpha value is -2.20. The van der Waals surface area contributed by atoms with Gasteiger partial charge in [0.2, 0.25) is 0 Å². The van der Waals surface area contributed by atoms with Crippen LogP contribution in [0.3, 0.4) is 0 Å². The zero-order chi connectivity index (χ0) is 16.0. The quantitative estimate of drug-likeness (QED) is 0.775. The number of aromatic nitrogens is 3. The predicted molar refractivity (Wildman–Crippen MR) is 93.4 cm³/mol. The average Bonchev–Trinajstić information content (AvgIpc) is 3.26. The molecule has 4 nitrogen and oxygen atoms in total. The van der Waals surface area contributed by atoms with Crippen LogP contribution in [0.15, 0.2) is 30.5 Å². The van der Waals surface area contributed by atoms with Crippen LogP contribution in [0.5, 0.6) is 0 Å². The number of nitrogens with zero attached hydrogens (tertiary/aromatic N) is 2. The molecule has 1 aromatic carbocycles. The van der Waals surface area contributed by atoms with Gasteiger partial charge in [0.05, 0.1) is 5.69 Å². The minimum absolute atomic E-state index is 0.205. The number of hydrogen-bond donors (Lipinski definition) is 2. The summed E-state index contributed by atoms with van der Waals surface area (Å²) in [6.07, 6.45) is 5.14. The number of fused-ring (bicyclic) bond motifs is 1. The summed E-state index contributed by atoms with van der Waals surface area (Å²) in [6.45, 7) is 5.02. The summed E-state index contributed by atoms with van der Waals surface area (Å²) in [5.41, 5.74) is 13.3. The van der Waals surface area contributed by atoms with E-state index < -0.39 is 0 Å². The first-order valence-corrected chi connectivity index (χ1v) is 8.31. The van der Waals surface area contributed by atoms with Gasteiger partial charge in [-0.25, -0.2) is 4.98 Å². The molecule has 0 radical (unpaired) electrons. The molecule has 0 unspecified atom stereocenters. The Morgan fingerprint density at radius 2 is 2.09 bits per heavy atom. The molecular weight excluding hydrogens is 284 g/mol. The van der Waals surface area contributed by atoms with Crippen molar-refractivity contribution in [3.05, 3.63) is 47.3 Å². The smallest absolute Gasteiger partial charge is 0.155 e. The summed E-state index contributed by atoms with van der Waals surface area (Å²) < 4.78 is 0. The van der Waals surface area contributed by atoms with Gasteiger partial charge in [-0.05, 0) is 48.9 Å². The fraction of sp³-hybridized carbons (Fsp3) is 0.368. The van der Waals surface area contributed by atoms with Gasteiger partial charge in [-0.3, -0.25) is 5.10 Å². The number of aromatic amines is 1. The number of nitrogens with two attached hydrogens (primary N) is 1. The van der Waals surface area contributed by atoms with Gasteiger partial charge in [0.25, 0.3) is 0 Å². The van der Waals surface area contributed by atoms with E-state index in [1.807, 2.05) is 6.20 Å². The number of nitrogens with one attached hydrogen (secondary N) is 1. The maximum absolute atomic E-state index is 6.03. The molecule has 3 N–H and O–H groups in total. The summed E-state index contributed by atoms with van der Waals surface area (Å²) >= 11 is 0. The van der Waals surface area contributed by atoms with Crippen molar-refractivity contribution >= 4 is 11.0 Å². The predicted octanol–water partition coefficient (Wildman–Crippen LogP) is 3.49. The van der Waals surface area contributed by atoms with Crippen molar-refractivity contribution in [3.8, 4) is 11.1 Å². The number of H-pyrrole nitrogens is 1. The molecule has 2 heterocycles. The lowest BCUT2D eigenvalue weighted by molar-refractivity contribution is 0.704. The molecule has 0 spiro atoms. The van der Waals surface area contributed by atoms with Gasteiger partial charge in [0.15, 0.2) is 5.65 Å². The lowest BCUT2D eigenvalue weighted by Gasteiger charge is -2.16. The molecule has 3 aromatic rings. The fourth-order valence-corrected chi connectivity index (χ4v) is 3.52. The summed E-state index contributed by atoms with van der Waals surface area (Å²) in [4.78, 5) is 4.42. The van der Waals surface area contributed by atoms with Crippen LogP contribution >= 0.6 is 0 Å². The monoisotopic (exact) mass is 306 g/mol. The first kappa shape index (κ1) is 14.4. The molecule has 0 bridgehead atoms. The van der Waals surface area contributed by atoms with Crippen LogP contribution in [0.25, 0.3) is 22.2 Å². The SMILES string of the molecule is CCc1n[nH]c2nccc(-c3cc(C)cc(C4(CN)CC4)c3)c12. The third kappa shape index (κ3) is 2.25. The third-order valence-corrected chi connectivity index (χ3v) is 5.12. The second-order valence-electron chi connectivity index (χ2n) is 6.68. The van der Waals surface area contributed by atoms with E-state index in [-0.39, 0.29) is 5.41 Å². The van der Waals surface area contributed by atoms with E-state index in [4.69, 9.17) is 5.73 Å². The molecule has 1 saturated carbocycles. The molecular formula is C19H22N4. The lowest BCUT2D eigenvalue weighted by Crippen LogP contribution is -2.19. The van der Waals surface area contributed by atoms with Crippen molar-refractivity contribution in [2.24, 2.45) is 5.73 Å². The number of benzene rings is 1. The second kappa shape index (κ2) is 5.17. The molecule has 0 aliphatic heterocycles. The molecule has 2 aromatic heterocycles. The van der Waals surface area contributed by atoms with E-state index in [0.717, 1.165) is 29.7 Å². The normalized spacial score (nSPS) is 16.0. The van der Waals surface area contributed by atoms with Crippen LogP contribution in [0.2, 0.25) is 0 Å². The Morgan fingerprint density at radius 1 is 1.26 bits per heavy atom. The van der Waals surface area contributed by atoms with Crippen LogP contribution < -0.4 is 5.73 Å². The van der Waals surface area contributed by atoms with E-state index in [9.17, 15) is 0 Å². The molecule has 1 aliphatic carbocycles. The van der Waals surface area contributed by atoms with E-state index in [2.05, 4.69) is 53.3 Å². The molecule has 0 atom stereocenters.